The number of rotatable bonds is 34. The van der Waals surface area contributed by atoms with Crippen LogP contribution in [0.5, 0.6) is 0 Å². The zero-order valence-corrected chi connectivity index (χ0v) is 36.7. The van der Waals surface area contributed by atoms with Crippen molar-refractivity contribution in [3.8, 4) is 0 Å². The van der Waals surface area contributed by atoms with Crippen LogP contribution in [0.15, 0.2) is 30.3 Å². The van der Waals surface area contributed by atoms with Gasteiger partial charge < -0.3 is 61.0 Å². The Bertz CT molecular complexity index is 1800. The number of carboxylic acid groups (broad SMARTS) is 5. The zero-order chi connectivity index (χ0) is 48.2. The number of carbonyl (C=O) groups excluding carboxylic acids is 6. The Kier molecular flexibility index (Phi) is 27.1. The highest BCUT2D eigenvalue weighted by Gasteiger charge is 2.32. The van der Waals surface area contributed by atoms with E-state index in [1.165, 1.54) is 10.8 Å². The van der Waals surface area contributed by atoms with E-state index in [4.69, 9.17) is 22.1 Å². The highest BCUT2D eigenvalue weighted by Crippen LogP contribution is 2.26. The topological polar surface area (TPSA) is 365 Å². The molecule has 6 atom stereocenters. The second-order valence-electron chi connectivity index (χ2n) is 13.6. The third kappa shape index (κ3) is 24.6. The number of ketones is 2. The SMILES string of the molecule is COC(=O)OCCSSC[C@H](CC(=O)[C@H](Cc1ccccc1)NC(=O)[C@H](CC(=O)O)CC(=O)CC[C@H](NC(=O)CC[C@H](NC(=S)N[C@@H](CCC(=O)O)OC=O)C(=O)O)C(=O)O)C(=O)O. The summed E-state index contributed by atoms with van der Waals surface area (Å²) in [6, 6.07) is 3.75. The van der Waals surface area contributed by atoms with Gasteiger partial charge in [-0.2, -0.15) is 0 Å². The molecule has 64 heavy (non-hydrogen) atoms. The molecule has 0 bridgehead atoms. The summed E-state index contributed by atoms with van der Waals surface area (Å²) >= 11 is 5.00. The van der Waals surface area contributed by atoms with E-state index in [1.54, 1.807) is 30.3 Å². The number of methoxy groups -OCH3 is 1. The first-order valence-electron chi connectivity index (χ1n) is 19.2. The maximum absolute atomic E-state index is 13.6. The standard InChI is InChI=1S/C38H50N4O19S3/c1-59-38(58)60-13-14-63-64-19-23(34(52)53)17-28(45)27(15-21-5-3-2-4-6-21)40-33(51)22(18-32(49)50)16-24(44)7-8-25(35(54)55)39-29(46)10-9-26(36(56)57)41-37(62)42-30(61-20-43)11-12-31(47)48/h2-6,20,22-23,25-27,30H,7-19H2,1H3,(H,39,46)(H,40,51)(H,47,48)(H,49,50)(H,52,53)(H,54,55)(H,56,57)(H2,41,42,62)/t22-,23-,25-,26-,27-,30+/m0/s1. The predicted octanol–water partition coefficient (Wildman–Crippen LogP) is 0.999. The number of hydrogen-bond donors (Lipinski definition) is 9. The summed E-state index contributed by atoms with van der Waals surface area (Å²) in [5, 5.41) is 56.6. The third-order valence-corrected chi connectivity index (χ3v) is 11.4. The molecule has 1 rings (SSSR count). The van der Waals surface area contributed by atoms with Crippen LogP contribution in [0.1, 0.15) is 63.4 Å². The summed E-state index contributed by atoms with van der Waals surface area (Å²) in [6.45, 7) is 0.00755. The Morgan fingerprint density at radius 2 is 1.34 bits per heavy atom. The normalized spacial score (nSPS) is 13.5. The van der Waals surface area contributed by atoms with Gasteiger partial charge >= 0.3 is 36.0 Å². The molecule has 23 nitrogen and oxygen atoms in total. The van der Waals surface area contributed by atoms with Crippen molar-refractivity contribution in [1.29, 1.82) is 0 Å². The average Bonchev–Trinajstić information content (AvgIpc) is 3.22. The van der Waals surface area contributed by atoms with Crippen LogP contribution in [0.4, 0.5) is 4.79 Å². The van der Waals surface area contributed by atoms with Crippen molar-refractivity contribution in [2.24, 2.45) is 11.8 Å². The maximum Gasteiger partial charge on any atom is 0.508 e. The van der Waals surface area contributed by atoms with Crippen LogP contribution in [0.3, 0.4) is 0 Å². The van der Waals surface area contributed by atoms with E-state index >= 15 is 0 Å². The second-order valence-corrected chi connectivity index (χ2v) is 16.6. The van der Waals surface area contributed by atoms with Crippen LogP contribution >= 0.6 is 33.8 Å². The van der Waals surface area contributed by atoms with Gasteiger partial charge in [-0.25, -0.2) is 14.4 Å². The van der Waals surface area contributed by atoms with E-state index in [2.05, 4.69) is 30.7 Å². The van der Waals surface area contributed by atoms with Gasteiger partial charge in [-0.1, -0.05) is 51.9 Å². The Morgan fingerprint density at radius 3 is 1.92 bits per heavy atom. The number of amides is 2. The van der Waals surface area contributed by atoms with Crippen LogP contribution in [0.25, 0.3) is 0 Å². The number of thiocarbonyl (C=S) groups is 1. The van der Waals surface area contributed by atoms with Crippen LogP contribution in [0.2, 0.25) is 0 Å². The molecular weight excluding hydrogens is 913 g/mol. The average molecular weight is 963 g/mol. The van der Waals surface area contributed by atoms with Gasteiger partial charge in [0.25, 0.3) is 6.47 Å². The van der Waals surface area contributed by atoms with Crippen molar-refractivity contribution in [3.05, 3.63) is 35.9 Å². The Hall–Kier alpha value is -6.02. The molecule has 0 fully saturated rings. The van der Waals surface area contributed by atoms with Crippen LogP contribution < -0.4 is 21.3 Å². The molecule has 0 saturated carbocycles. The van der Waals surface area contributed by atoms with Gasteiger partial charge in [0.1, 0.15) is 24.5 Å². The quantitative estimate of drug-likeness (QED) is 0.0116. The van der Waals surface area contributed by atoms with Crippen molar-refractivity contribution < 1.29 is 92.5 Å². The molecule has 0 heterocycles. The van der Waals surface area contributed by atoms with Crippen LogP contribution in [-0.4, -0.2) is 146 Å². The number of ether oxygens (including phenoxy) is 3. The minimum atomic E-state index is -1.68. The lowest BCUT2D eigenvalue weighted by Gasteiger charge is -2.23. The van der Waals surface area contributed by atoms with Gasteiger partial charge in [-0.3, -0.25) is 38.4 Å². The Labute approximate surface area is 378 Å². The predicted molar refractivity (Wildman–Crippen MR) is 228 cm³/mol. The van der Waals surface area contributed by atoms with Gasteiger partial charge in [-0.15, -0.1) is 0 Å². The molecule has 0 aliphatic heterocycles. The van der Waals surface area contributed by atoms with Crippen molar-refractivity contribution in [2.45, 2.75) is 88.6 Å². The second kappa shape index (κ2) is 30.9. The molecule has 354 valence electrons. The van der Waals surface area contributed by atoms with Gasteiger partial charge in [0.2, 0.25) is 11.8 Å². The molecule has 0 aliphatic carbocycles. The van der Waals surface area contributed by atoms with Crippen LogP contribution in [0, 0.1) is 11.8 Å². The molecule has 1 aromatic carbocycles. The van der Waals surface area contributed by atoms with E-state index in [0.29, 0.717) is 5.56 Å². The van der Waals surface area contributed by atoms with E-state index in [9.17, 15) is 73.2 Å². The molecule has 0 saturated heterocycles. The smallest absolute Gasteiger partial charge is 0.481 e. The number of carboxylic acids is 5. The Balaban J connectivity index is 2.96. The van der Waals surface area contributed by atoms with Crippen molar-refractivity contribution in [2.75, 3.05) is 25.2 Å². The molecule has 0 radical (unpaired) electrons. The third-order valence-electron chi connectivity index (χ3n) is 8.70. The number of carbonyl (C=O) groups is 11. The van der Waals surface area contributed by atoms with E-state index in [0.717, 1.165) is 17.9 Å². The number of hydrogen-bond acceptors (Lipinski definition) is 17. The molecule has 9 N–H and O–H groups in total. The molecule has 0 unspecified atom stereocenters. The first kappa shape index (κ1) is 56.0. The lowest BCUT2D eigenvalue weighted by molar-refractivity contribution is -0.144. The Morgan fingerprint density at radius 1 is 0.703 bits per heavy atom. The van der Waals surface area contributed by atoms with E-state index in [1.807, 2.05) is 0 Å². The van der Waals surface area contributed by atoms with Gasteiger partial charge in [0, 0.05) is 43.6 Å². The first-order valence-corrected chi connectivity index (χ1v) is 22.1. The van der Waals surface area contributed by atoms with Crippen molar-refractivity contribution in [3.63, 3.8) is 0 Å². The largest absolute Gasteiger partial charge is 0.508 e. The summed E-state index contributed by atoms with van der Waals surface area (Å²) in [7, 11) is 3.43. The summed E-state index contributed by atoms with van der Waals surface area (Å²) in [6.07, 6.45) is -7.11. The maximum atomic E-state index is 13.6. The summed E-state index contributed by atoms with van der Waals surface area (Å²) in [5.41, 5.74) is 0.565. The summed E-state index contributed by atoms with van der Waals surface area (Å²) in [5.74, 6) is -13.0. The lowest BCUT2D eigenvalue weighted by atomic mass is 9.92. The molecule has 1 aromatic rings. The summed E-state index contributed by atoms with van der Waals surface area (Å²) in [4.78, 5) is 133. The molecular formula is C38H50N4O19S3. The van der Waals surface area contributed by atoms with E-state index < -0.39 is 147 Å². The number of aliphatic carboxylic acids is 5. The van der Waals surface area contributed by atoms with E-state index in [-0.39, 0.29) is 42.5 Å². The molecule has 0 aromatic heterocycles. The number of nitrogens with one attached hydrogen (secondary N) is 4. The van der Waals surface area contributed by atoms with Crippen molar-refractivity contribution in [1.82, 2.24) is 21.3 Å². The first-order chi connectivity index (χ1) is 30.2. The van der Waals surface area contributed by atoms with Gasteiger partial charge in [0.05, 0.1) is 37.8 Å². The van der Waals surface area contributed by atoms with Crippen molar-refractivity contribution >= 4 is 105 Å². The summed E-state index contributed by atoms with van der Waals surface area (Å²) < 4.78 is 13.8. The molecule has 26 heteroatoms. The highest BCUT2D eigenvalue weighted by molar-refractivity contribution is 8.76. The fourth-order valence-electron chi connectivity index (χ4n) is 5.44. The minimum absolute atomic E-state index is 0.0149. The fourth-order valence-corrected chi connectivity index (χ4v) is 7.85. The zero-order valence-electron chi connectivity index (χ0n) is 34.3. The van der Waals surface area contributed by atoms with Gasteiger partial charge in [0.15, 0.2) is 17.1 Å². The van der Waals surface area contributed by atoms with Crippen LogP contribution in [-0.2, 0) is 68.6 Å². The number of Topliss-reactive ketones (excluding diaryl/α,β-unsaturated/α-hetero) is 2. The molecule has 0 aliphatic rings. The monoisotopic (exact) mass is 962 g/mol. The molecule has 0 spiro atoms. The minimum Gasteiger partial charge on any atom is -0.481 e. The fraction of sp³-hybridized carbons (Fsp3) is 0.526. The molecule has 2 amide bonds. The highest BCUT2D eigenvalue weighted by atomic mass is 33.1. The van der Waals surface area contributed by atoms with Gasteiger partial charge in [-0.05, 0) is 37.0 Å². The lowest BCUT2D eigenvalue weighted by Crippen LogP contribution is -2.50. The number of benzene rings is 1.